The second-order valence-electron chi connectivity index (χ2n) is 21.1. The van der Waals surface area contributed by atoms with E-state index in [9.17, 15) is 82.8 Å². The van der Waals surface area contributed by atoms with E-state index in [1.807, 2.05) is 0 Å². The molecule has 0 aliphatic heterocycles. The van der Waals surface area contributed by atoms with E-state index in [-0.39, 0.29) is 68.4 Å². The first-order valence-electron chi connectivity index (χ1n) is 28.0. The molecule has 0 saturated heterocycles. The maximum atomic E-state index is 14.5. The van der Waals surface area contributed by atoms with Gasteiger partial charge < -0.3 is 96.5 Å². The molecular formula is C57H79N15O17. The number of carbonyl (C=O) groups is 13. The Morgan fingerprint density at radius 3 is 1.34 bits per heavy atom. The third kappa shape index (κ3) is 27.7. The van der Waals surface area contributed by atoms with Crippen LogP contribution in [0.3, 0.4) is 0 Å². The Morgan fingerprint density at radius 1 is 0.461 bits per heavy atom. The maximum absolute atomic E-state index is 14.5. The number of nitrogens with two attached hydrogens (primary N) is 4. The average molecular weight is 1250 g/mol. The van der Waals surface area contributed by atoms with Crippen LogP contribution in [0.5, 0.6) is 11.5 Å². The van der Waals surface area contributed by atoms with E-state index in [1.54, 1.807) is 44.2 Å². The number of nitrogens with one attached hydrogen (secondary N) is 10. The number of hydrogen-bond acceptors (Lipinski definition) is 17. The molecule has 9 atom stereocenters. The summed E-state index contributed by atoms with van der Waals surface area (Å²) in [6.07, 6.45) is -2.45. The number of aromatic hydroxyl groups is 2. The van der Waals surface area contributed by atoms with Crippen molar-refractivity contribution in [1.29, 1.82) is 0 Å². The molecule has 0 aliphatic carbocycles. The summed E-state index contributed by atoms with van der Waals surface area (Å²) < 4.78 is 0. The van der Waals surface area contributed by atoms with Crippen LogP contribution in [0, 0.1) is 5.92 Å². The van der Waals surface area contributed by atoms with Crippen LogP contribution < -0.4 is 76.1 Å². The Balaban J connectivity index is 1.81. The van der Waals surface area contributed by atoms with Crippen LogP contribution in [0.1, 0.15) is 76.5 Å². The molecule has 0 saturated carbocycles. The molecule has 22 N–H and O–H groups in total. The highest BCUT2D eigenvalue weighted by Crippen LogP contribution is 2.15. The molecule has 3 aromatic carbocycles. The van der Waals surface area contributed by atoms with Gasteiger partial charge in [-0.2, -0.15) is 0 Å². The number of primary amides is 1. The van der Waals surface area contributed by atoms with Gasteiger partial charge in [-0.1, -0.05) is 68.4 Å². The highest BCUT2D eigenvalue weighted by molar-refractivity contribution is 5.99. The monoisotopic (exact) mass is 1250 g/mol. The molecular weight excluding hydrogens is 1170 g/mol. The lowest BCUT2D eigenvalue weighted by molar-refractivity contribution is -0.142. The van der Waals surface area contributed by atoms with Crippen molar-refractivity contribution in [3.8, 4) is 11.5 Å². The lowest BCUT2D eigenvalue weighted by Gasteiger charge is -2.28. The first-order valence-corrected chi connectivity index (χ1v) is 28.0. The van der Waals surface area contributed by atoms with E-state index < -0.39 is 157 Å². The number of hydrogen-bond donors (Lipinski definition) is 18. The van der Waals surface area contributed by atoms with Crippen molar-refractivity contribution in [3.05, 3.63) is 95.6 Å². The summed E-state index contributed by atoms with van der Waals surface area (Å²) in [6.45, 7) is 4.35. The van der Waals surface area contributed by atoms with Crippen LogP contribution in [0.4, 0.5) is 0 Å². The minimum absolute atomic E-state index is 0.00621. The van der Waals surface area contributed by atoms with Crippen LogP contribution >= 0.6 is 0 Å². The first-order chi connectivity index (χ1) is 41.9. The molecule has 0 radical (unpaired) electrons. The molecule has 0 bridgehead atoms. The Hall–Kier alpha value is -10.4. The fraction of sp³-hybridized carbons (Fsp3) is 0.439. The van der Waals surface area contributed by atoms with Gasteiger partial charge in [0.05, 0.1) is 32.0 Å². The van der Waals surface area contributed by atoms with E-state index >= 15 is 0 Å². The summed E-state index contributed by atoms with van der Waals surface area (Å²) in [4.78, 5) is 175. The van der Waals surface area contributed by atoms with Crippen LogP contribution in [0.2, 0.25) is 0 Å². The minimum Gasteiger partial charge on any atom is -0.508 e. The van der Waals surface area contributed by atoms with Gasteiger partial charge in [0.25, 0.3) is 0 Å². The van der Waals surface area contributed by atoms with Gasteiger partial charge in [0, 0.05) is 25.8 Å². The standard InChI is InChI=1S/C57H79N15O17/c1-29(2)21-38(53(85)70-39(22-32-9-6-5-7-10-32)52(84)65-31(4)49(81)72-43(56(88)89)24-34-14-18-36(74)19-15-34)69-54(86)40(23-33-12-16-35(73)17-13-33)71-55(87)41(25-44(59)75)66-45(76)28-64-51(83)42(26-47(78)79)67-46(77)27-63-50(82)37(68-48(80)30(3)58)11-8-20-62-57(60)61/h5-7,9-10,12-19,29-31,37-43,73-74H,8,11,20-28,58H2,1-4H3,(H2,59,75)(H,63,82)(H,64,83)(H,65,84)(H,66,76)(H,67,77)(H,68,80)(H,69,86)(H,70,85)(H,71,87)(H,72,81)(H,78,79)(H,88,89)(H4,60,61,62)/t30-,31-,37-,38-,39-,40-,41-,42-,43-/m0/s1. The van der Waals surface area contributed by atoms with Gasteiger partial charge in [0.15, 0.2) is 5.96 Å². The normalized spacial score (nSPS) is 13.9. The third-order valence-corrected chi connectivity index (χ3v) is 12.9. The van der Waals surface area contributed by atoms with Crippen molar-refractivity contribution >= 4 is 82.9 Å². The van der Waals surface area contributed by atoms with E-state index in [1.165, 1.54) is 62.4 Å². The number of nitrogens with zero attached hydrogens (tertiary/aromatic N) is 1. The molecule has 11 amide bonds. The van der Waals surface area contributed by atoms with Crippen molar-refractivity contribution in [2.45, 2.75) is 133 Å². The topological polar surface area (TPSA) is 540 Å². The van der Waals surface area contributed by atoms with Crippen molar-refractivity contribution in [3.63, 3.8) is 0 Å². The number of guanidine groups is 1. The van der Waals surface area contributed by atoms with Crippen molar-refractivity contribution < 1.29 is 82.8 Å². The van der Waals surface area contributed by atoms with Gasteiger partial charge in [-0.05, 0) is 80.0 Å². The van der Waals surface area contributed by atoms with Gasteiger partial charge in [-0.25, -0.2) is 4.79 Å². The summed E-state index contributed by atoms with van der Waals surface area (Å²) in [7, 11) is 0. The molecule has 32 nitrogen and oxygen atoms in total. The summed E-state index contributed by atoms with van der Waals surface area (Å²) >= 11 is 0. The van der Waals surface area contributed by atoms with Gasteiger partial charge in [0.2, 0.25) is 65.0 Å². The third-order valence-electron chi connectivity index (χ3n) is 12.9. The second-order valence-corrected chi connectivity index (χ2v) is 21.1. The summed E-state index contributed by atoms with van der Waals surface area (Å²) in [6, 6.07) is 6.20. The highest BCUT2D eigenvalue weighted by Gasteiger charge is 2.35. The molecule has 32 heteroatoms. The fourth-order valence-corrected chi connectivity index (χ4v) is 8.34. The van der Waals surface area contributed by atoms with Gasteiger partial charge in [0.1, 0.15) is 59.8 Å². The zero-order valence-corrected chi connectivity index (χ0v) is 49.4. The van der Waals surface area contributed by atoms with Gasteiger partial charge >= 0.3 is 11.9 Å². The average Bonchev–Trinajstić information content (AvgIpc) is 2.32. The summed E-state index contributed by atoms with van der Waals surface area (Å²) in [5.74, 6) is -14.7. The largest absolute Gasteiger partial charge is 0.508 e. The molecule has 0 aliphatic rings. The Kier molecular flexibility index (Phi) is 29.9. The SMILES string of the molecule is CC(C)C[C@H](NC(=O)[C@H](Cc1ccc(O)cc1)NC(=O)[C@H](CC(N)=O)NC(=O)CNC(=O)[C@H](CC(=O)O)NC(=O)CNC(=O)[C@H](CCCN=C(N)N)NC(=O)[C@H](C)N)C(=O)N[C@@H](Cc1ccccc1)C(=O)N[C@@H](C)C(=O)N[C@@H](Cc1ccc(O)cc1)C(=O)O. The number of rotatable bonds is 37. The summed E-state index contributed by atoms with van der Waals surface area (Å²) in [5.41, 5.74) is 23.1. The number of aliphatic carboxylic acids is 2. The predicted molar refractivity (Wildman–Crippen MR) is 318 cm³/mol. The number of carboxylic acids is 2. The number of carboxylic acid groups (broad SMARTS) is 2. The molecule has 0 heterocycles. The molecule has 0 fully saturated rings. The molecule has 0 unspecified atom stereocenters. The van der Waals surface area contributed by atoms with Crippen LogP contribution in [0.25, 0.3) is 0 Å². The first kappa shape index (κ1) is 72.9. The van der Waals surface area contributed by atoms with Gasteiger partial charge in [-0.3, -0.25) is 62.5 Å². The number of carbonyl (C=O) groups excluding carboxylic acids is 11. The summed E-state index contributed by atoms with van der Waals surface area (Å²) in [5, 5.41) is 62.8. The number of phenolic OH excluding ortho intramolecular Hbond substituents is 2. The van der Waals surface area contributed by atoms with Gasteiger partial charge in [-0.15, -0.1) is 0 Å². The maximum Gasteiger partial charge on any atom is 0.326 e. The number of aliphatic imine (C=N–C) groups is 1. The zero-order valence-electron chi connectivity index (χ0n) is 49.4. The number of amides is 11. The second kappa shape index (κ2) is 36.6. The van der Waals surface area contributed by atoms with Crippen LogP contribution in [-0.2, 0) is 81.6 Å². The van der Waals surface area contributed by atoms with E-state index in [0.717, 1.165) is 0 Å². The lowest BCUT2D eigenvalue weighted by Crippen LogP contribution is -2.60. The lowest BCUT2D eigenvalue weighted by atomic mass is 9.99. The van der Waals surface area contributed by atoms with Crippen molar-refractivity contribution in [1.82, 2.24) is 53.2 Å². The molecule has 3 rings (SSSR count). The molecule has 89 heavy (non-hydrogen) atoms. The Morgan fingerprint density at radius 2 is 0.876 bits per heavy atom. The Bertz CT molecular complexity index is 3000. The number of benzene rings is 3. The predicted octanol–water partition coefficient (Wildman–Crippen LogP) is -4.86. The van der Waals surface area contributed by atoms with E-state index in [0.29, 0.717) is 16.7 Å². The highest BCUT2D eigenvalue weighted by atomic mass is 16.4. The quantitative estimate of drug-likeness (QED) is 0.0146. The van der Waals surface area contributed by atoms with Crippen LogP contribution in [-0.4, -0.2) is 177 Å². The smallest absolute Gasteiger partial charge is 0.326 e. The number of phenols is 2. The molecule has 0 aromatic heterocycles. The van der Waals surface area contributed by atoms with E-state index in [2.05, 4.69) is 58.2 Å². The molecule has 484 valence electrons. The van der Waals surface area contributed by atoms with Crippen molar-refractivity contribution in [2.75, 3.05) is 19.6 Å². The fourth-order valence-electron chi connectivity index (χ4n) is 8.34. The van der Waals surface area contributed by atoms with Crippen LogP contribution in [0.15, 0.2) is 83.9 Å². The zero-order chi connectivity index (χ0) is 66.5. The van der Waals surface area contributed by atoms with E-state index in [4.69, 9.17) is 22.9 Å². The van der Waals surface area contributed by atoms with Crippen molar-refractivity contribution in [2.24, 2.45) is 33.8 Å². The molecule has 0 spiro atoms. The molecule has 3 aromatic rings. The Labute approximate surface area is 511 Å². The minimum atomic E-state index is -1.86.